The van der Waals surface area contributed by atoms with E-state index in [9.17, 15) is 8.42 Å². The maximum atomic E-state index is 12.1. The van der Waals surface area contributed by atoms with Gasteiger partial charge >= 0.3 is 0 Å². The quantitative estimate of drug-likeness (QED) is 0.252. The number of nitrogens with zero attached hydrogens (tertiary/aromatic N) is 1. The summed E-state index contributed by atoms with van der Waals surface area (Å²) in [7, 11) is -3.39. The van der Waals surface area contributed by atoms with Crippen LogP contribution in [0, 0.1) is 12.8 Å². The van der Waals surface area contributed by atoms with E-state index in [0.29, 0.717) is 39.3 Å². The third kappa shape index (κ3) is 6.28. The van der Waals surface area contributed by atoms with Crippen molar-refractivity contribution in [3.05, 3.63) is 58.1 Å². The van der Waals surface area contributed by atoms with Crippen LogP contribution in [-0.2, 0) is 9.84 Å². The molecular formula is C26H29Cl2NO4S. The van der Waals surface area contributed by atoms with Crippen molar-refractivity contribution in [1.29, 1.82) is 0 Å². The summed E-state index contributed by atoms with van der Waals surface area (Å²) in [6.45, 7) is 5.21. The molecular weight excluding hydrogens is 493 g/mol. The van der Waals surface area contributed by atoms with Gasteiger partial charge in [-0.1, -0.05) is 42.3 Å². The molecule has 182 valence electrons. The van der Waals surface area contributed by atoms with Crippen LogP contribution >= 0.6 is 23.2 Å². The monoisotopic (exact) mass is 521 g/mol. The first kappa shape index (κ1) is 26.4. The van der Waals surface area contributed by atoms with Crippen LogP contribution in [0.25, 0.3) is 11.0 Å². The van der Waals surface area contributed by atoms with Crippen molar-refractivity contribution in [3.8, 4) is 18.6 Å². The van der Waals surface area contributed by atoms with Crippen LogP contribution in [0.2, 0.25) is 10.0 Å². The summed E-state index contributed by atoms with van der Waals surface area (Å²) in [5, 5.41) is 1.91. The number of furan rings is 1. The lowest BCUT2D eigenvalue weighted by Crippen LogP contribution is -2.34. The molecule has 1 fully saturated rings. The smallest absolute Gasteiger partial charge is 0.219 e. The van der Waals surface area contributed by atoms with Crippen molar-refractivity contribution in [3.63, 3.8) is 0 Å². The van der Waals surface area contributed by atoms with Crippen LogP contribution in [0.3, 0.4) is 0 Å². The molecule has 2 aromatic carbocycles. The fourth-order valence-corrected chi connectivity index (χ4v) is 5.26. The molecule has 1 aliphatic heterocycles. The molecule has 34 heavy (non-hydrogen) atoms. The van der Waals surface area contributed by atoms with Gasteiger partial charge in [0.2, 0.25) is 14.9 Å². The number of benzene rings is 2. The summed E-state index contributed by atoms with van der Waals surface area (Å²) < 4.78 is 35.7. The molecule has 8 heteroatoms. The Morgan fingerprint density at radius 3 is 2.50 bits per heavy atom. The Kier molecular flexibility index (Phi) is 9.32. The molecule has 0 atom stereocenters. The fourth-order valence-electron chi connectivity index (χ4n) is 4.16. The summed E-state index contributed by atoms with van der Waals surface area (Å²) >= 11 is 12.2. The molecule has 4 rings (SSSR count). The number of rotatable bonds is 8. The van der Waals surface area contributed by atoms with E-state index in [1.54, 1.807) is 19.1 Å². The number of halogens is 2. The second-order valence-electron chi connectivity index (χ2n) is 8.13. The van der Waals surface area contributed by atoms with E-state index in [2.05, 4.69) is 23.8 Å². The Hall–Kier alpha value is -2.17. The highest BCUT2D eigenvalue weighted by Gasteiger charge is 2.21. The highest BCUT2D eigenvalue weighted by molar-refractivity contribution is 7.91. The number of likely N-dealkylation sites (tertiary alicyclic amines) is 1. The topological polar surface area (TPSA) is 59.8 Å². The minimum absolute atomic E-state index is 0.00380. The number of hydrogen-bond donors (Lipinski definition) is 0. The molecule has 1 aliphatic rings. The first-order chi connectivity index (χ1) is 16.4. The molecule has 1 aromatic heterocycles. The van der Waals surface area contributed by atoms with Gasteiger partial charge in [-0.25, -0.2) is 8.42 Å². The average Bonchev–Trinajstić information content (AvgIpc) is 3.31. The van der Waals surface area contributed by atoms with Crippen molar-refractivity contribution < 1.29 is 17.6 Å². The Morgan fingerprint density at radius 1 is 1.09 bits per heavy atom. The van der Waals surface area contributed by atoms with E-state index in [1.165, 1.54) is 5.56 Å². The zero-order chi connectivity index (χ0) is 24.7. The lowest BCUT2D eigenvalue weighted by molar-refractivity contribution is 0.193. The third-order valence-electron chi connectivity index (χ3n) is 6.06. The fraction of sp³-hybridized carbons (Fsp3) is 0.385. The zero-order valence-corrected chi connectivity index (χ0v) is 21.5. The van der Waals surface area contributed by atoms with Crippen molar-refractivity contribution in [2.75, 3.05) is 32.0 Å². The van der Waals surface area contributed by atoms with Gasteiger partial charge in [0.15, 0.2) is 0 Å². The van der Waals surface area contributed by atoms with Gasteiger partial charge < -0.3 is 14.1 Å². The first-order valence-electron chi connectivity index (χ1n) is 11.3. The second kappa shape index (κ2) is 12.0. The first-order valence-corrected chi connectivity index (χ1v) is 13.7. The summed E-state index contributed by atoms with van der Waals surface area (Å²) in [6, 6.07) is 12.9. The second-order valence-corrected chi connectivity index (χ2v) is 11.2. The van der Waals surface area contributed by atoms with Crippen LogP contribution in [0.1, 0.15) is 37.7 Å². The number of ether oxygens (including phenoxy) is 1. The van der Waals surface area contributed by atoms with Crippen molar-refractivity contribution in [2.45, 2.75) is 37.2 Å². The van der Waals surface area contributed by atoms with Gasteiger partial charge in [0.25, 0.3) is 0 Å². The van der Waals surface area contributed by atoms with Gasteiger partial charge in [0, 0.05) is 12.6 Å². The number of terminal acetylenes is 1. The van der Waals surface area contributed by atoms with E-state index in [-0.39, 0.29) is 10.8 Å². The summed E-state index contributed by atoms with van der Waals surface area (Å²) in [4.78, 5) is 2.46. The standard InChI is InChI=1S/C24H27Cl2NO4S.C2H2/c1-2-32(28,29)24-16-19-22(5-3-6-23(19)31-24)30-14-4-11-27-12-9-17(10-13-27)18-7-8-20(25)21(26)15-18;1-2/h3,5-8,15-17H,2,4,9-14H2,1H3;1-2H. The normalized spacial score (nSPS) is 15.1. The van der Waals surface area contributed by atoms with Gasteiger partial charge in [-0.15, -0.1) is 12.8 Å². The van der Waals surface area contributed by atoms with Crippen LogP contribution < -0.4 is 4.74 Å². The van der Waals surface area contributed by atoms with Gasteiger partial charge in [-0.2, -0.15) is 0 Å². The lowest BCUT2D eigenvalue weighted by atomic mass is 9.89. The van der Waals surface area contributed by atoms with Gasteiger partial charge in [0.1, 0.15) is 11.3 Å². The minimum atomic E-state index is -3.39. The van der Waals surface area contributed by atoms with E-state index in [1.807, 2.05) is 24.3 Å². The Morgan fingerprint density at radius 2 is 1.82 bits per heavy atom. The molecule has 5 nitrogen and oxygen atoms in total. The molecule has 0 radical (unpaired) electrons. The molecule has 0 unspecified atom stereocenters. The predicted molar refractivity (Wildman–Crippen MR) is 139 cm³/mol. The van der Waals surface area contributed by atoms with Gasteiger partial charge in [-0.3, -0.25) is 0 Å². The van der Waals surface area contributed by atoms with Crippen molar-refractivity contribution in [1.82, 2.24) is 4.90 Å². The van der Waals surface area contributed by atoms with Crippen molar-refractivity contribution >= 4 is 44.0 Å². The van der Waals surface area contributed by atoms with E-state index < -0.39 is 9.84 Å². The van der Waals surface area contributed by atoms with Crippen LogP contribution in [0.15, 0.2) is 52.0 Å². The van der Waals surface area contributed by atoms with Crippen molar-refractivity contribution in [2.24, 2.45) is 0 Å². The number of sulfone groups is 1. The molecule has 0 spiro atoms. The molecule has 3 aromatic rings. The number of fused-ring (bicyclic) bond motifs is 1. The molecule has 0 bridgehead atoms. The zero-order valence-electron chi connectivity index (χ0n) is 19.2. The predicted octanol–water partition coefficient (Wildman–Crippen LogP) is 6.43. The highest BCUT2D eigenvalue weighted by Crippen LogP contribution is 2.33. The van der Waals surface area contributed by atoms with Crippen LogP contribution in [-0.4, -0.2) is 45.3 Å². The largest absolute Gasteiger partial charge is 0.493 e. The SMILES string of the molecule is C#C.CCS(=O)(=O)c1cc2c(OCCCN3CCC(c4ccc(Cl)c(Cl)c4)CC3)cccc2o1. The molecule has 2 heterocycles. The molecule has 0 N–H and O–H groups in total. The van der Waals surface area contributed by atoms with E-state index >= 15 is 0 Å². The summed E-state index contributed by atoms with van der Waals surface area (Å²) in [5.74, 6) is 1.18. The number of hydrogen-bond acceptors (Lipinski definition) is 5. The summed E-state index contributed by atoms with van der Waals surface area (Å²) in [6.07, 6.45) is 11.1. The van der Waals surface area contributed by atoms with E-state index in [4.69, 9.17) is 32.4 Å². The summed E-state index contributed by atoms with van der Waals surface area (Å²) in [5.41, 5.74) is 1.79. The van der Waals surface area contributed by atoms with Gasteiger partial charge in [-0.05, 0) is 68.1 Å². The lowest BCUT2D eigenvalue weighted by Gasteiger charge is -2.32. The van der Waals surface area contributed by atoms with Gasteiger partial charge in [0.05, 0.1) is 27.8 Å². The average molecular weight is 522 g/mol. The molecule has 0 aliphatic carbocycles. The minimum Gasteiger partial charge on any atom is -0.493 e. The molecule has 1 saturated heterocycles. The van der Waals surface area contributed by atoms with Crippen LogP contribution in [0.5, 0.6) is 5.75 Å². The maximum Gasteiger partial charge on any atom is 0.219 e. The third-order valence-corrected chi connectivity index (χ3v) is 8.38. The Labute approximate surface area is 211 Å². The number of piperidine rings is 1. The molecule has 0 amide bonds. The van der Waals surface area contributed by atoms with Crippen LogP contribution in [0.4, 0.5) is 0 Å². The Balaban J connectivity index is 0.00000158. The van der Waals surface area contributed by atoms with E-state index in [0.717, 1.165) is 38.9 Å². The molecule has 0 saturated carbocycles. The Bertz CT molecular complexity index is 1230. The maximum absolute atomic E-state index is 12.1. The highest BCUT2D eigenvalue weighted by atomic mass is 35.5.